The van der Waals surface area contributed by atoms with E-state index in [1.165, 1.54) is 0 Å². The number of halogens is 1. The van der Waals surface area contributed by atoms with Crippen molar-refractivity contribution in [3.05, 3.63) is 88.9 Å². The summed E-state index contributed by atoms with van der Waals surface area (Å²) in [5, 5.41) is 9.77. The maximum absolute atomic E-state index is 12.4. The zero-order chi connectivity index (χ0) is 23.6. The van der Waals surface area contributed by atoms with Crippen molar-refractivity contribution >= 4 is 40.6 Å². The Kier molecular flexibility index (Phi) is 8.26. The van der Waals surface area contributed by atoms with Gasteiger partial charge in [0.25, 0.3) is 11.8 Å². The Bertz CT molecular complexity index is 1110. The lowest BCUT2D eigenvalue weighted by Gasteiger charge is -2.08. The predicted molar refractivity (Wildman–Crippen MR) is 129 cm³/mol. The summed E-state index contributed by atoms with van der Waals surface area (Å²) < 4.78 is 5.38. The topological polar surface area (TPSA) is 115 Å². The molecule has 0 saturated heterocycles. The highest BCUT2D eigenvalue weighted by Crippen LogP contribution is 2.17. The largest absolute Gasteiger partial charge is 0.494 e. The fourth-order valence-electron chi connectivity index (χ4n) is 2.74. The fourth-order valence-corrected chi connectivity index (χ4v) is 2.87. The molecule has 0 aromatic heterocycles. The van der Waals surface area contributed by atoms with E-state index < -0.39 is 5.91 Å². The molecule has 0 saturated carbocycles. The van der Waals surface area contributed by atoms with Gasteiger partial charge in [-0.05, 0) is 79.7 Å². The SMILES string of the molecule is CCOc1ccc(NC(=O)c2ccc(NC(=O)CO/N=C(\N)c3ccc(Cl)cc3)cc2)cc1. The Morgan fingerprint density at radius 3 is 2.09 bits per heavy atom. The average molecular weight is 467 g/mol. The van der Waals surface area contributed by atoms with Gasteiger partial charge in [-0.2, -0.15) is 0 Å². The van der Waals surface area contributed by atoms with Crippen LogP contribution >= 0.6 is 11.6 Å². The van der Waals surface area contributed by atoms with Crippen LogP contribution in [0, 0.1) is 0 Å². The number of rotatable bonds is 9. The van der Waals surface area contributed by atoms with Crippen LogP contribution in [0.2, 0.25) is 5.02 Å². The van der Waals surface area contributed by atoms with Crippen LogP contribution in [0.5, 0.6) is 5.75 Å². The Balaban J connectivity index is 1.48. The van der Waals surface area contributed by atoms with E-state index in [2.05, 4.69) is 15.8 Å². The van der Waals surface area contributed by atoms with Gasteiger partial charge in [-0.3, -0.25) is 9.59 Å². The van der Waals surface area contributed by atoms with Gasteiger partial charge in [0.1, 0.15) is 5.75 Å². The third-order valence-electron chi connectivity index (χ3n) is 4.35. The van der Waals surface area contributed by atoms with E-state index in [1.54, 1.807) is 72.8 Å². The number of benzene rings is 3. The molecular weight excluding hydrogens is 444 g/mol. The van der Waals surface area contributed by atoms with Crippen molar-refractivity contribution in [1.29, 1.82) is 0 Å². The normalized spacial score (nSPS) is 10.9. The zero-order valence-electron chi connectivity index (χ0n) is 17.9. The number of amides is 2. The lowest BCUT2D eigenvalue weighted by molar-refractivity contribution is -0.120. The summed E-state index contributed by atoms with van der Waals surface area (Å²) in [6, 6.07) is 20.3. The minimum Gasteiger partial charge on any atom is -0.494 e. The number of ether oxygens (including phenoxy) is 1. The molecule has 0 fully saturated rings. The highest BCUT2D eigenvalue weighted by atomic mass is 35.5. The Morgan fingerprint density at radius 2 is 1.45 bits per heavy atom. The summed E-state index contributed by atoms with van der Waals surface area (Å²) in [4.78, 5) is 29.5. The van der Waals surface area contributed by atoms with E-state index in [0.717, 1.165) is 5.75 Å². The first kappa shape index (κ1) is 23.6. The van der Waals surface area contributed by atoms with Crippen molar-refractivity contribution in [3.63, 3.8) is 0 Å². The van der Waals surface area contributed by atoms with Gasteiger partial charge in [-0.15, -0.1) is 0 Å². The van der Waals surface area contributed by atoms with Crippen molar-refractivity contribution in [2.75, 3.05) is 23.8 Å². The number of nitrogens with one attached hydrogen (secondary N) is 2. The lowest BCUT2D eigenvalue weighted by Crippen LogP contribution is -2.19. The van der Waals surface area contributed by atoms with Gasteiger partial charge in [-0.1, -0.05) is 16.8 Å². The van der Waals surface area contributed by atoms with Gasteiger partial charge in [0.2, 0.25) is 0 Å². The number of amidine groups is 1. The lowest BCUT2D eigenvalue weighted by atomic mass is 10.2. The number of nitrogens with two attached hydrogens (primary N) is 1. The molecule has 2 amide bonds. The van der Waals surface area contributed by atoms with Crippen molar-refractivity contribution in [2.45, 2.75) is 6.92 Å². The summed E-state index contributed by atoms with van der Waals surface area (Å²) in [7, 11) is 0. The van der Waals surface area contributed by atoms with Gasteiger partial charge in [0.05, 0.1) is 6.61 Å². The summed E-state index contributed by atoms with van der Waals surface area (Å²) in [5.41, 5.74) is 8.04. The van der Waals surface area contributed by atoms with E-state index in [9.17, 15) is 9.59 Å². The molecule has 3 rings (SSSR count). The van der Waals surface area contributed by atoms with Crippen molar-refractivity contribution < 1.29 is 19.2 Å². The third-order valence-corrected chi connectivity index (χ3v) is 4.60. The second kappa shape index (κ2) is 11.5. The van der Waals surface area contributed by atoms with Crippen LogP contribution in [-0.4, -0.2) is 30.9 Å². The molecule has 0 atom stereocenters. The van der Waals surface area contributed by atoms with Crippen molar-refractivity contribution in [1.82, 2.24) is 0 Å². The molecule has 0 aliphatic rings. The van der Waals surface area contributed by atoms with Crippen LogP contribution in [0.1, 0.15) is 22.8 Å². The monoisotopic (exact) mass is 466 g/mol. The molecule has 9 heteroatoms. The predicted octanol–water partition coefficient (Wildman–Crippen LogP) is 4.27. The third kappa shape index (κ3) is 7.26. The molecule has 0 aliphatic carbocycles. The maximum atomic E-state index is 12.4. The number of carbonyl (C=O) groups is 2. The zero-order valence-corrected chi connectivity index (χ0v) is 18.6. The van der Waals surface area contributed by atoms with Gasteiger partial charge >= 0.3 is 0 Å². The van der Waals surface area contributed by atoms with Gasteiger partial charge in [-0.25, -0.2) is 0 Å². The molecule has 33 heavy (non-hydrogen) atoms. The molecule has 0 heterocycles. The molecule has 8 nitrogen and oxygen atoms in total. The number of carbonyl (C=O) groups excluding carboxylic acids is 2. The molecule has 0 spiro atoms. The van der Waals surface area contributed by atoms with E-state index in [-0.39, 0.29) is 18.3 Å². The van der Waals surface area contributed by atoms with Crippen LogP contribution in [0.15, 0.2) is 78.0 Å². The summed E-state index contributed by atoms with van der Waals surface area (Å²) in [5.74, 6) is 0.168. The standard InChI is InChI=1S/C24H23ClN4O4/c1-2-32-21-13-11-20(12-14-21)28-24(31)17-5-9-19(10-6-17)27-22(30)15-33-29-23(26)16-3-7-18(25)8-4-16/h3-14H,2,15H2,1H3,(H2,26,29)(H,27,30)(H,28,31). The molecule has 3 aromatic carbocycles. The van der Waals surface area contributed by atoms with Gasteiger partial charge < -0.3 is 25.9 Å². The smallest absolute Gasteiger partial charge is 0.265 e. The summed E-state index contributed by atoms with van der Waals surface area (Å²) in [6.45, 7) is 2.15. The van der Waals surface area contributed by atoms with Crippen LogP contribution in [0.3, 0.4) is 0 Å². The van der Waals surface area contributed by atoms with Crippen molar-refractivity contribution in [3.8, 4) is 5.75 Å². The number of hydrogen-bond acceptors (Lipinski definition) is 5. The number of anilines is 2. The molecule has 0 bridgehead atoms. The second-order valence-electron chi connectivity index (χ2n) is 6.79. The first-order valence-electron chi connectivity index (χ1n) is 10.1. The first-order chi connectivity index (χ1) is 15.9. The number of oxime groups is 1. The average Bonchev–Trinajstić information content (AvgIpc) is 2.81. The van der Waals surface area contributed by atoms with Crippen LogP contribution in [-0.2, 0) is 9.63 Å². The summed E-state index contributed by atoms with van der Waals surface area (Å²) >= 11 is 5.83. The first-order valence-corrected chi connectivity index (χ1v) is 10.5. The Labute approximate surface area is 196 Å². The Hall–Kier alpha value is -4.04. The minimum absolute atomic E-state index is 0.127. The number of nitrogens with zero attached hydrogens (tertiary/aromatic N) is 1. The van der Waals surface area contributed by atoms with Crippen LogP contribution in [0.25, 0.3) is 0 Å². The molecular formula is C24H23ClN4O4. The van der Waals surface area contributed by atoms with E-state index in [1.807, 2.05) is 6.92 Å². The van der Waals surface area contributed by atoms with Gasteiger partial charge in [0.15, 0.2) is 12.4 Å². The quantitative estimate of drug-likeness (QED) is 0.247. The van der Waals surface area contributed by atoms with E-state index in [4.69, 9.17) is 26.9 Å². The van der Waals surface area contributed by atoms with Crippen LogP contribution < -0.4 is 21.1 Å². The molecule has 0 radical (unpaired) electrons. The fraction of sp³-hybridized carbons (Fsp3) is 0.125. The van der Waals surface area contributed by atoms with Crippen molar-refractivity contribution in [2.24, 2.45) is 10.9 Å². The van der Waals surface area contributed by atoms with E-state index in [0.29, 0.717) is 34.1 Å². The van der Waals surface area contributed by atoms with E-state index >= 15 is 0 Å². The maximum Gasteiger partial charge on any atom is 0.265 e. The summed E-state index contributed by atoms with van der Waals surface area (Å²) in [6.07, 6.45) is 0. The molecule has 0 unspecified atom stereocenters. The number of hydrogen-bond donors (Lipinski definition) is 3. The van der Waals surface area contributed by atoms with Crippen LogP contribution in [0.4, 0.5) is 11.4 Å². The highest BCUT2D eigenvalue weighted by Gasteiger charge is 2.08. The second-order valence-corrected chi connectivity index (χ2v) is 7.23. The molecule has 0 aliphatic heterocycles. The Morgan fingerprint density at radius 1 is 0.879 bits per heavy atom. The highest BCUT2D eigenvalue weighted by molar-refractivity contribution is 6.30. The molecule has 3 aromatic rings. The molecule has 4 N–H and O–H groups in total. The minimum atomic E-state index is -0.422. The van der Waals surface area contributed by atoms with Gasteiger partial charge in [0, 0.05) is 27.5 Å². The molecule has 170 valence electrons.